The Morgan fingerprint density at radius 2 is 1.96 bits per heavy atom. The van der Waals surface area contributed by atoms with Crippen LogP contribution in [0.3, 0.4) is 0 Å². The first-order valence-electron chi connectivity index (χ1n) is 8.69. The topological polar surface area (TPSA) is 46.9 Å². The van der Waals surface area contributed by atoms with Crippen LogP contribution in [-0.2, 0) is 24.6 Å². The molecule has 0 spiro atoms. The average molecular weight is 365 g/mol. The number of fused-ring (bicyclic) bond motifs is 1. The number of carbonyl (C=O) groups excluding carboxylic acids is 1. The number of hydrogen-bond donors (Lipinski definition) is 1. The van der Waals surface area contributed by atoms with E-state index < -0.39 is 17.2 Å². The van der Waals surface area contributed by atoms with Crippen molar-refractivity contribution in [2.75, 3.05) is 6.54 Å². The maximum absolute atomic E-state index is 12.9. The van der Waals surface area contributed by atoms with Crippen molar-refractivity contribution in [2.24, 2.45) is 0 Å². The summed E-state index contributed by atoms with van der Waals surface area (Å²) in [4.78, 5) is 16.8. The lowest BCUT2D eigenvalue weighted by molar-refractivity contribution is -0.137. The molecular formula is C19H22F3N3O. The lowest BCUT2D eigenvalue weighted by Crippen LogP contribution is -2.37. The van der Waals surface area contributed by atoms with Crippen LogP contribution in [0.25, 0.3) is 0 Å². The van der Waals surface area contributed by atoms with E-state index in [1.165, 1.54) is 6.07 Å². The molecule has 2 heterocycles. The fourth-order valence-corrected chi connectivity index (χ4v) is 3.21. The molecule has 140 valence electrons. The number of aromatic nitrogens is 2. The number of alkyl halides is 3. The Hall–Kier alpha value is -2.31. The smallest absolute Gasteiger partial charge is 0.350 e. The van der Waals surface area contributed by atoms with Crippen molar-refractivity contribution >= 4 is 5.91 Å². The van der Waals surface area contributed by atoms with Gasteiger partial charge in [-0.15, -0.1) is 0 Å². The summed E-state index contributed by atoms with van der Waals surface area (Å²) in [6, 6.07) is 5.25. The molecule has 1 aromatic carbocycles. The number of imidazole rings is 1. The Bertz CT molecular complexity index is 809. The van der Waals surface area contributed by atoms with Crippen LogP contribution in [0.1, 0.15) is 54.1 Å². The molecule has 0 unspecified atom stereocenters. The molecule has 4 nitrogen and oxygen atoms in total. The van der Waals surface area contributed by atoms with Crippen molar-refractivity contribution in [1.82, 2.24) is 14.9 Å². The molecule has 7 heteroatoms. The third kappa shape index (κ3) is 3.76. The van der Waals surface area contributed by atoms with Gasteiger partial charge in [-0.05, 0) is 24.5 Å². The van der Waals surface area contributed by atoms with Gasteiger partial charge in [-0.3, -0.25) is 4.79 Å². The third-order valence-electron chi connectivity index (χ3n) is 4.87. The second kappa shape index (κ2) is 6.78. The molecule has 0 saturated carbocycles. The van der Waals surface area contributed by atoms with Gasteiger partial charge in [0.25, 0.3) is 5.91 Å². The first kappa shape index (κ1) is 18.5. The van der Waals surface area contributed by atoms with E-state index in [4.69, 9.17) is 0 Å². The molecule has 3 rings (SSSR count). The normalized spacial score (nSPS) is 14.8. The van der Waals surface area contributed by atoms with Crippen LogP contribution in [-0.4, -0.2) is 22.0 Å². The second-order valence-corrected chi connectivity index (χ2v) is 7.31. The zero-order valence-electron chi connectivity index (χ0n) is 14.9. The number of nitrogens with one attached hydrogen (secondary N) is 1. The van der Waals surface area contributed by atoms with Crippen molar-refractivity contribution in [1.29, 1.82) is 0 Å². The SMILES string of the molecule is CC(C)(CNC(=O)c1cnc2n1CCCC2)c1cccc(C(F)(F)F)c1. The van der Waals surface area contributed by atoms with Crippen LogP contribution in [0, 0.1) is 0 Å². The van der Waals surface area contributed by atoms with E-state index in [0.717, 1.165) is 43.8 Å². The third-order valence-corrected chi connectivity index (χ3v) is 4.87. The second-order valence-electron chi connectivity index (χ2n) is 7.31. The fraction of sp³-hybridized carbons (Fsp3) is 0.474. The number of halogens is 3. The lowest BCUT2D eigenvalue weighted by atomic mass is 9.83. The molecule has 0 atom stereocenters. The first-order chi connectivity index (χ1) is 12.2. The van der Waals surface area contributed by atoms with Gasteiger partial charge >= 0.3 is 6.18 Å². The minimum atomic E-state index is -4.38. The van der Waals surface area contributed by atoms with Crippen LogP contribution in [0.4, 0.5) is 13.2 Å². The molecule has 1 aliphatic rings. The highest BCUT2D eigenvalue weighted by Crippen LogP contribution is 2.32. The molecule has 26 heavy (non-hydrogen) atoms. The van der Waals surface area contributed by atoms with Crippen LogP contribution in [0.15, 0.2) is 30.5 Å². The summed E-state index contributed by atoms with van der Waals surface area (Å²) in [5.74, 6) is 0.671. The molecular weight excluding hydrogens is 343 g/mol. The van der Waals surface area contributed by atoms with Crippen molar-refractivity contribution in [3.05, 3.63) is 53.1 Å². The first-order valence-corrected chi connectivity index (χ1v) is 8.69. The molecule has 0 fully saturated rings. The molecule has 0 saturated heterocycles. The summed E-state index contributed by atoms with van der Waals surface area (Å²) in [6.07, 6.45) is 0.141. The molecule has 1 aromatic heterocycles. The van der Waals surface area contributed by atoms with E-state index >= 15 is 0 Å². The molecule has 1 aliphatic heterocycles. The Kier molecular flexibility index (Phi) is 4.82. The molecule has 0 bridgehead atoms. The van der Waals surface area contributed by atoms with Gasteiger partial charge in [-0.1, -0.05) is 32.0 Å². The van der Waals surface area contributed by atoms with Crippen molar-refractivity contribution in [3.8, 4) is 0 Å². The molecule has 0 aliphatic carbocycles. The van der Waals surface area contributed by atoms with E-state index in [2.05, 4.69) is 10.3 Å². The number of carbonyl (C=O) groups is 1. The summed E-state index contributed by atoms with van der Waals surface area (Å²) in [7, 11) is 0. The van der Waals surface area contributed by atoms with Gasteiger partial charge in [-0.25, -0.2) is 4.98 Å². The molecule has 0 radical (unpaired) electrons. The lowest BCUT2D eigenvalue weighted by Gasteiger charge is -2.26. The summed E-state index contributed by atoms with van der Waals surface area (Å²) < 4.78 is 40.7. The van der Waals surface area contributed by atoms with Crippen molar-refractivity contribution in [2.45, 2.75) is 51.2 Å². The molecule has 1 amide bonds. The fourth-order valence-electron chi connectivity index (χ4n) is 3.21. The Labute approximate surface area is 150 Å². The highest BCUT2D eigenvalue weighted by atomic mass is 19.4. The zero-order valence-corrected chi connectivity index (χ0v) is 14.9. The van der Waals surface area contributed by atoms with Gasteiger partial charge in [0, 0.05) is 24.9 Å². The number of rotatable bonds is 4. The predicted octanol–water partition coefficient (Wildman–Crippen LogP) is 3.95. The minimum Gasteiger partial charge on any atom is -0.350 e. The quantitative estimate of drug-likeness (QED) is 0.892. The van der Waals surface area contributed by atoms with Crippen LogP contribution in [0.5, 0.6) is 0 Å². The minimum absolute atomic E-state index is 0.230. The molecule has 1 N–H and O–H groups in total. The summed E-state index contributed by atoms with van der Waals surface area (Å²) in [5, 5.41) is 2.85. The number of nitrogens with zero attached hydrogens (tertiary/aromatic N) is 2. The monoisotopic (exact) mass is 365 g/mol. The Morgan fingerprint density at radius 1 is 1.23 bits per heavy atom. The predicted molar refractivity (Wildman–Crippen MR) is 92.0 cm³/mol. The van der Waals surface area contributed by atoms with E-state index in [1.54, 1.807) is 12.3 Å². The molecule has 2 aromatic rings. The summed E-state index contributed by atoms with van der Waals surface area (Å²) in [5.41, 5.74) is -0.275. The zero-order chi connectivity index (χ0) is 18.9. The standard InChI is InChI=1S/C19H22F3N3O/c1-18(2,13-6-5-7-14(10-13)19(20,21)22)12-24-17(26)15-11-23-16-8-3-4-9-25(15)16/h5-7,10-11H,3-4,8-9,12H2,1-2H3,(H,24,26). The van der Waals surface area contributed by atoms with E-state index in [-0.39, 0.29) is 12.5 Å². The Morgan fingerprint density at radius 3 is 2.69 bits per heavy atom. The summed E-state index contributed by atoms with van der Waals surface area (Å²) in [6.45, 7) is 4.63. The average Bonchev–Trinajstić information content (AvgIpc) is 3.03. The highest BCUT2D eigenvalue weighted by Gasteiger charge is 2.32. The van der Waals surface area contributed by atoms with Crippen LogP contribution < -0.4 is 5.32 Å². The number of aryl methyl sites for hydroxylation is 1. The van der Waals surface area contributed by atoms with Gasteiger partial charge < -0.3 is 9.88 Å². The largest absolute Gasteiger partial charge is 0.416 e. The van der Waals surface area contributed by atoms with Crippen molar-refractivity contribution in [3.63, 3.8) is 0 Å². The maximum Gasteiger partial charge on any atom is 0.416 e. The maximum atomic E-state index is 12.9. The number of benzene rings is 1. The van der Waals surface area contributed by atoms with E-state index in [1.807, 2.05) is 18.4 Å². The van der Waals surface area contributed by atoms with Gasteiger partial charge in [0.05, 0.1) is 11.8 Å². The van der Waals surface area contributed by atoms with Gasteiger partial charge in [0.15, 0.2) is 0 Å². The van der Waals surface area contributed by atoms with E-state index in [9.17, 15) is 18.0 Å². The Balaban J connectivity index is 1.72. The van der Waals surface area contributed by atoms with Gasteiger partial charge in [0.2, 0.25) is 0 Å². The van der Waals surface area contributed by atoms with Crippen LogP contribution in [0.2, 0.25) is 0 Å². The number of hydrogen-bond acceptors (Lipinski definition) is 2. The van der Waals surface area contributed by atoms with Gasteiger partial charge in [-0.2, -0.15) is 13.2 Å². The number of amides is 1. The van der Waals surface area contributed by atoms with Crippen LogP contribution >= 0.6 is 0 Å². The highest BCUT2D eigenvalue weighted by molar-refractivity contribution is 5.92. The summed E-state index contributed by atoms with van der Waals surface area (Å²) >= 11 is 0. The van der Waals surface area contributed by atoms with E-state index in [0.29, 0.717) is 11.3 Å². The van der Waals surface area contributed by atoms with Crippen molar-refractivity contribution < 1.29 is 18.0 Å². The van der Waals surface area contributed by atoms with Gasteiger partial charge in [0.1, 0.15) is 11.5 Å².